The summed E-state index contributed by atoms with van der Waals surface area (Å²) in [4.78, 5) is 34.9. The van der Waals surface area contributed by atoms with Crippen molar-refractivity contribution in [2.75, 3.05) is 6.54 Å². The number of carbonyl (C=O) groups is 2. The Bertz CT molecular complexity index is 840. The average Bonchev–Trinajstić information content (AvgIpc) is 2.89. The molecule has 4 rings (SSSR count). The lowest BCUT2D eigenvalue weighted by atomic mass is 9.84. The third-order valence-electron chi connectivity index (χ3n) is 5.27. The fraction of sp³-hybridized carbons (Fsp3) is 0.526. The van der Waals surface area contributed by atoms with Crippen molar-refractivity contribution in [1.82, 2.24) is 30.0 Å². The molecule has 0 radical (unpaired) electrons. The van der Waals surface area contributed by atoms with Crippen LogP contribution >= 0.6 is 0 Å². The van der Waals surface area contributed by atoms with Gasteiger partial charge in [-0.2, -0.15) is 5.10 Å². The zero-order chi connectivity index (χ0) is 18.8. The van der Waals surface area contributed by atoms with Gasteiger partial charge in [0.05, 0.1) is 36.4 Å². The van der Waals surface area contributed by atoms with E-state index in [1.165, 1.54) is 6.20 Å². The van der Waals surface area contributed by atoms with Crippen LogP contribution in [0.4, 0.5) is 0 Å². The van der Waals surface area contributed by atoms with Crippen LogP contribution in [-0.4, -0.2) is 43.0 Å². The fourth-order valence-electron chi connectivity index (χ4n) is 3.48. The van der Waals surface area contributed by atoms with Crippen LogP contribution in [0.15, 0.2) is 18.5 Å². The van der Waals surface area contributed by atoms with Crippen LogP contribution in [0.5, 0.6) is 0 Å². The van der Waals surface area contributed by atoms with Gasteiger partial charge in [-0.3, -0.25) is 19.3 Å². The second-order valence-corrected chi connectivity index (χ2v) is 7.32. The van der Waals surface area contributed by atoms with Crippen LogP contribution in [-0.2, 0) is 24.4 Å². The lowest BCUT2D eigenvalue weighted by molar-refractivity contribution is -0.138. The summed E-state index contributed by atoms with van der Waals surface area (Å²) in [6.45, 7) is 4.33. The molecule has 1 aliphatic carbocycles. The van der Waals surface area contributed by atoms with Gasteiger partial charge in [0.25, 0.3) is 5.91 Å². The molecule has 8 nitrogen and oxygen atoms in total. The van der Waals surface area contributed by atoms with Crippen molar-refractivity contribution in [3.8, 4) is 0 Å². The molecule has 2 aliphatic rings. The Morgan fingerprint density at radius 2 is 2.04 bits per heavy atom. The molecule has 1 aliphatic heterocycles. The van der Waals surface area contributed by atoms with Gasteiger partial charge < -0.3 is 10.2 Å². The molecule has 2 amide bonds. The van der Waals surface area contributed by atoms with Gasteiger partial charge in [-0.05, 0) is 32.3 Å². The van der Waals surface area contributed by atoms with Crippen molar-refractivity contribution < 1.29 is 9.59 Å². The van der Waals surface area contributed by atoms with Crippen molar-refractivity contribution >= 4 is 11.8 Å². The Morgan fingerprint density at radius 1 is 1.19 bits per heavy atom. The van der Waals surface area contributed by atoms with E-state index < -0.39 is 0 Å². The second kappa shape index (κ2) is 7.46. The first kappa shape index (κ1) is 17.6. The number of amides is 2. The molecule has 0 bridgehead atoms. The first-order chi connectivity index (χ1) is 13.1. The Hall–Kier alpha value is -2.77. The van der Waals surface area contributed by atoms with Crippen molar-refractivity contribution in [2.45, 2.75) is 52.2 Å². The molecular formula is C19H24N6O2. The number of aromatic nitrogens is 4. The summed E-state index contributed by atoms with van der Waals surface area (Å²) in [5.41, 5.74) is 2.87. The van der Waals surface area contributed by atoms with Crippen LogP contribution in [0.1, 0.15) is 53.3 Å². The van der Waals surface area contributed by atoms with E-state index in [1.54, 1.807) is 6.20 Å². The Labute approximate surface area is 158 Å². The summed E-state index contributed by atoms with van der Waals surface area (Å²) in [7, 11) is 0. The number of fused-ring (bicyclic) bond motifs is 1. The number of hydrogen-bond acceptors (Lipinski definition) is 5. The molecule has 8 heteroatoms. The lowest BCUT2D eigenvalue weighted by Crippen LogP contribution is -2.38. The van der Waals surface area contributed by atoms with Crippen molar-refractivity contribution in [3.05, 3.63) is 41.2 Å². The first-order valence-electron chi connectivity index (χ1n) is 9.51. The van der Waals surface area contributed by atoms with Crippen LogP contribution in [0.25, 0.3) is 0 Å². The topological polar surface area (TPSA) is 93.0 Å². The monoisotopic (exact) mass is 368 g/mol. The number of nitrogens with zero attached hydrogens (tertiary/aromatic N) is 5. The summed E-state index contributed by atoms with van der Waals surface area (Å²) in [5, 5.41) is 7.42. The molecule has 0 spiro atoms. The molecule has 3 heterocycles. The summed E-state index contributed by atoms with van der Waals surface area (Å²) >= 11 is 0. The molecule has 1 fully saturated rings. The number of aryl methyl sites for hydroxylation is 2. The highest BCUT2D eigenvalue weighted by Gasteiger charge is 2.30. The normalized spacial score (nSPS) is 17.0. The minimum atomic E-state index is -0.271. The van der Waals surface area contributed by atoms with Crippen LogP contribution in [0.2, 0.25) is 0 Å². The van der Waals surface area contributed by atoms with Gasteiger partial charge in [0.1, 0.15) is 5.69 Å². The smallest absolute Gasteiger partial charge is 0.271 e. The lowest BCUT2D eigenvalue weighted by Gasteiger charge is -2.30. The highest BCUT2D eigenvalue weighted by atomic mass is 16.2. The summed E-state index contributed by atoms with van der Waals surface area (Å²) in [6, 6.07) is 1.98. The quantitative estimate of drug-likeness (QED) is 0.882. The highest BCUT2D eigenvalue weighted by molar-refractivity contribution is 5.91. The summed E-state index contributed by atoms with van der Waals surface area (Å²) in [6.07, 6.45) is 7.15. The molecule has 2 aromatic heterocycles. The average molecular weight is 368 g/mol. The van der Waals surface area contributed by atoms with E-state index in [0.717, 1.165) is 55.9 Å². The van der Waals surface area contributed by atoms with Gasteiger partial charge in [-0.25, -0.2) is 4.98 Å². The van der Waals surface area contributed by atoms with E-state index in [0.29, 0.717) is 18.8 Å². The SMILES string of the molecule is Cc1cnc(C(=O)NCc2cc3n(n2)CCCN(C(=O)C2CCC2)C3)cn1. The van der Waals surface area contributed by atoms with Crippen molar-refractivity contribution in [2.24, 2.45) is 5.92 Å². The van der Waals surface area contributed by atoms with E-state index >= 15 is 0 Å². The van der Waals surface area contributed by atoms with Gasteiger partial charge in [0.15, 0.2) is 0 Å². The van der Waals surface area contributed by atoms with Gasteiger partial charge in [-0.15, -0.1) is 0 Å². The summed E-state index contributed by atoms with van der Waals surface area (Å²) in [5.74, 6) is 0.227. The molecule has 142 valence electrons. The zero-order valence-corrected chi connectivity index (χ0v) is 15.5. The maximum absolute atomic E-state index is 12.6. The molecule has 0 unspecified atom stereocenters. The van der Waals surface area contributed by atoms with E-state index in [4.69, 9.17) is 0 Å². The number of carbonyl (C=O) groups excluding carboxylic acids is 2. The molecule has 27 heavy (non-hydrogen) atoms. The van der Waals surface area contributed by atoms with E-state index in [-0.39, 0.29) is 17.7 Å². The Morgan fingerprint density at radius 3 is 2.74 bits per heavy atom. The zero-order valence-electron chi connectivity index (χ0n) is 15.5. The predicted molar refractivity (Wildman–Crippen MR) is 97.5 cm³/mol. The maximum atomic E-state index is 12.6. The van der Waals surface area contributed by atoms with E-state index in [2.05, 4.69) is 20.4 Å². The van der Waals surface area contributed by atoms with Crippen molar-refractivity contribution in [1.29, 1.82) is 0 Å². The fourth-order valence-corrected chi connectivity index (χ4v) is 3.48. The Balaban J connectivity index is 1.39. The molecule has 0 atom stereocenters. The predicted octanol–water partition coefficient (Wildman–Crippen LogP) is 1.44. The third-order valence-corrected chi connectivity index (χ3v) is 5.27. The van der Waals surface area contributed by atoms with Gasteiger partial charge in [0, 0.05) is 25.2 Å². The van der Waals surface area contributed by atoms with Crippen LogP contribution < -0.4 is 5.32 Å². The molecule has 0 aromatic carbocycles. The maximum Gasteiger partial charge on any atom is 0.271 e. The van der Waals surface area contributed by atoms with Gasteiger partial charge in [-0.1, -0.05) is 6.42 Å². The standard InChI is InChI=1S/C19H24N6O2/c1-13-9-21-17(11-20-13)18(26)22-10-15-8-16-12-24(6-3-7-25(16)23-15)19(27)14-4-2-5-14/h8-9,11,14H,2-7,10,12H2,1H3,(H,22,26). The van der Waals surface area contributed by atoms with Gasteiger partial charge in [0.2, 0.25) is 5.91 Å². The van der Waals surface area contributed by atoms with Gasteiger partial charge >= 0.3 is 0 Å². The highest BCUT2D eigenvalue weighted by Crippen LogP contribution is 2.29. The molecule has 1 N–H and O–H groups in total. The molecule has 1 saturated carbocycles. The number of rotatable bonds is 4. The largest absolute Gasteiger partial charge is 0.345 e. The van der Waals surface area contributed by atoms with E-state index in [1.807, 2.05) is 22.6 Å². The number of hydrogen-bond donors (Lipinski definition) is 1. The minimum Gasteiger partial charge on any atom is -0.345 e. The van der Waals surface area contributed by atoms with E-state index in [9.17, 15) is 9.59 Å². The molecule has 0 saturated heterocycles. The summed E-state index contributed by atoms with van der Waals surface area (Å²) < 4.78 is 1.96. The van der Waals surface area contributed by atoms with Crippen LogP contribution in [0, 0.1) is 12.8 Å². The Kier molecular flexibility index (Phi) is 4.87. The molecular weight excluding hydrogens is 344 g/mol. The number of nitrogens with one attached hydrogen (secondary N) is 1. The second-order valence-electron chi connectivity index (χ2n) is 7.32. The third kappa shape index (κ3) is 3.84. The van der Waals surface area contributed by atoms with Crippen LogP contribution in [0.3, 0.4) is 0 Å². The van der Waals surface area contributed by atoms with Crippen molar-refractivity contribution in [3.63, 3.8) is 0 Å². The minimum absolute atomic E-state index is 0.217. The first-order valence-corrected chi connectivity index (χ1v) is 9.51. The molecule has 2 aromatic rings.